The van der Waals surface area contributed by atoms with Gasteiger partial charge in [-0.1, -0.05) is 23.4 Å². The summed E-state index contributed by atoms with van der Waals surface area (Å²) in [6, 6.07) is 17.2. The van der Waals surface area contributed by atoms with Gasteiger partial charge in [-0.25, -0.2) is 13.9 Å². The molecule has 7 rings (SSSR count). The number of anilines is 3. The molecule has 3 aromatic heterocycles. The molecule has 1 aliphatic rings. The molecule has 248 valence electrons. The summed E-state index contributed by atoms with van der Waals surface area (Å²) in [6.45, 7) is 1.36. The zero-order valence-corrected chi connectivity index (χ0v) is 28.3. The van der Waals surface area contributed by atoms with Gasteiger partial charge < -0.3 is 15.7 Å². The van der Waals surface area contributed by atoms with E-state index in [4.69, 9.17) is 0 Å². The first kappa shape index (κ1) is 32.0. The van der Waals surface area contributed by atoms with Crippen molar-refractivity contribution < 1.29 is 14.3 Å². The molecule has 1 aliphatic carbocycles. The van der Waals surface area contributed by atoms with Gasteiger partial charge in [0.05, 0.1) is 23.1 Å². The number of fused-ring (bicyclic) bond motifs is 1. The normalized spacial score (nSPS) is 12.7. The summed E-state index contributed by atoms with van der Waals surface area (Å²) in [6.07, 6.45) is 2.84. The number of carbonyl (C=O) groups excluding carboxylic acids is 1. The summed E-state index contributed by atoms with van der Waals surface area (Å²) in [5.74, 6) is -0.886. The predicted octanol–water partition coefficient (Wildman–Crippen LogP) is 4.58. The van der Waals surface area contributed by atoms with Gasteiger partial charge in [-0.3, -0.25) is 28.1 Å². The Labute approximate surface area is 290 Å². The third kappa shape index (κ3) is 6.01. The van der Waals surface area contributed by atoms with Crippen LogP contribution in [0.4, 0.5) is 21.6 Å². The van der Waals surface area contributed by atoms with Crippen LogP contribution < -0.4 is 27.4 Å². The highest BCUT2D eigenvalue weighted by Gasteiger charge is 2.31. The molecular weight excluding hydrogens is 746 g/mol. The lowest BCUT2D eigenvalue weighted by Crippen LogP contribution is -2.41. The molecule has 0 bridgehead atoms. The summed E-state index contributed by atoms with van der Waals surface area (Å²) in [7, 11) is 1.48. The van der Waals surface area contributed by atoms with Crippen molar-refractivity contribution >= 4 is 56.6 Å². The number of phenolic OH excluding ortho intramolecular Hbond substituents is 1. The van der Waals surface area contributed by atoms with E-state index in [1.54, 1.807) is 48.7 Å². The Morgan fingerprint density at radius 3 is 2.55 bits per heavy atom. The highest BCUT2D eigenvalue weighted by molar-refractivity contribution is 14.1. The predicted molar refractivity (Wildman–Crippen MR) is 190 cm³/mol. The van der Waals surface area contributed by atoms with Crippen LogP contribution in [-0.4, -0.2) is 39.7 Å². The maximum atomic E-state index is 15.0. The van der Waals surface area contributed by atoms with Crippen molar-refractivity contribution in [3.63, 3.8) is 0 Å². The van der Waals surface area contributed by atoms with E-state index in [1.165, 1.54) is 56.6 Å². The van der Waals surface area contributed by atoms with Crippen LogP contribution in [0, 0.1) is 16.3 Å². The van der Waals surface area contributed by atoms with Gasteiger partial charge in [0.15, 0.2) is 0 Å². The van der Waals surface area contributed by atoms with Gasteiger partial charge in [0.1, 0.15) is 35.0 Å². The van der Waals surface area contributed by atoms with Crippen LogP contribution in [0.1, 0.15) is 24.4 Å². The number of aromatic hydroxyl groups is 1. The van der Waals surface area contributed by atoms with E-state index in [-0.39, 0.29) is 46.3 Å². The second kappa shape index (κ2) is 12.5. The largest absolute Gasteiger partial charge is 0.508 e. The highest BCUT2D eigenvalue weighted by Crippen LogP contribution is 2.34. The molecule has 0 unspecified atom stereocenters. The van der Waals surface area contributed by atoms with E-state index in [9.17, 15) is 24.3 Å². The fourth-order valence-electron chi connectivity index (χ4n) is 5.82. The van der Waals surface area contributed by atoms with Crippen molar-refractivity contribution in [1.82, 2.24) is 28.7 Å². The highest BCUT2D eigenvalue weighted by atomic mass is 127. The monoisotopic (exact) mass is 774 g/mol. The number of carbonyl (C=O) groups is 1. The molecule has 3 heterocycles. The number of halogens is 2. The number of pyridine rings is 1. The Bertz CT molecular complexity index is 2500. The first-order valence-corrected chi connectivity index (χ1v) is 16.3. The molecule has 0 atom stereocenters. The smallest absolute Gasteiger partial charge is 0.336 e. The quantitative estimate of drug-likeness (QED) is 0.190. The first-order chi connectivity index (χ1) is 23.5. The number of rotatable bonds is 8. The van der Waals surface area contributed by atoms with Crippen LogP contribution in [0.25, 0.3) is 27.8 Å². The molecule has 0 spiro atoms. The summed E-state index contributed by atoms with van der Waals surface area (Å²) in [5.41, 5.74) is 0.334. The minimum Gasteiger partial charge on any atom is -0.508 e. The number of hydrogen-bond donors (Lipinski definition) is 3. The molecule has 0 saturated heterocycles. The number of aromatic nitrogens is 6. The number of hydrogen-bond acceptors (Lipinski definition) is 8. The average molecular weight is 775 g/mol. The van der Waals surface area contributed by atoms with E-state index in [1.807, 2.05) is 22.6 Å². The third-order valence-corrected chi connectivity index (χ3v) is 8.98. The minimum atomic E-state index is -0.631. The second-order valence-corrected chi connectivity index (χ2v) is 13.0. The van der Waals surface area contributed by atoms with Crippen LogP contribution >= 0.6 is 22.6 Å². The Morgan fingerprint density at radius 1 is 1.04 bits per heavy atom. The minimum absolute atomic E-state index is 0.0428. The molecule has 49 heavy (non-hydrogen) atoms. The molecule has 3 aromatic carbocycles. The molecule has 1 saturated carbocycles. The summed E-state index contributed by atoms with van der Waals surface area (Å²) in [4.78, 5) is 54.9. The van der Waals surface area contributed by atoms with E-state index in [0.29, 0.717) is 39.0 Å². The molecule has 3 N–H and O–H groups in total. The van der Waals surface area contributed by atoms with Gasteiger partial charge in [0.2, 0.25) is 5.91 Å². The number of amides is 1. The van der Waals surface area contributed by atoms with Gasteiger partial charge >= 0.3 is 5.69 Å². The van der Waals surface area contributed by atoms with Gasteiger partial charge in [-0.05, 0) is 90.9 Å². The molecular formula is C34H28FIN8O5. The van der Waals surface area contributed by atoms with Gasteiger partial charge in [0, 0.05) is 33.5 Å². The lowest BCUT2D eigenvalue weighted by atomic mass is 10.1. The molecule has 13 nitrogen and oxygen atoms in total. The maximum absolute atomic E-state index is 15.0. The number of benzene rings is 3. The molecule has 1 amide bonds. The van der Waals surface area contributed by atoms with Crippen LogP contribution in [0.2, 0.25) is 0 Å². The Balaban J connectivity index is 1.30. The van der Waals surface area contributed by atoms with Gasteiger partial charge in [-0.15, -0.1) is 5.10 Å². The van der Waals surface area contributed by atoms with Crippen molar-refractivity contribution in [1.29, 1.82) is 0 Å². The maximum Gasteiger partial charge on any atom is 0.336 e. The van der Waals surface area contributed by atoms with Crippen LogP contribution in [0.3, 0.4) is 0 Å². The van der Waals surface area contributed by atoms with Gasteiger partial charge in [-0.2, -0.15) is 0 Å². The van der Waals surface area contributed by atoms with Crippen LogP contribution in [0.15, 0.2) is 87.3 Å². The van der Waals surface area contributed by atoms with E-state index in [2.05, 4.69) is 20.9 Å². The number of nitrogens with one attached hydrogen (secondary N) is 2. The van der Waals surface area contributed by atoms with E-state index < -0.39 is 28.5 Å². The zero-order chi connectivity index (χ0) is 34.6. The Kier molecular flexibility index (Phi) is 8.14. The number of nitrogens with zero attached hydrogens (tertiary/aromatic N) is 6. The van der Waals surface area contributed by atoms with Crippen LogP contribution in [-0.2, 0) is 18.4 Å². The first-order valence-electron chi connectivity index (χ1n) is 15.2. The lowest BCUT2D eigenvalue weighted by molar-refractivity contribution is -0.116. The second-order valence-electron chi connectivity index (χ2n) is 11.8. The van der Waals surface area contributed by atoms with E-state index in [0.717, 1.165) is 0 Å². The lowest BCUT2D eigenvalue weighted by Gasteiger charge is -2.21. The van der Waals surface area contributed by atoms with Crippen molar-refractivity contribution in [2.24, 2.45) is 7.05 Å². The number of aryl methyl sites for hydroxylation is 1. The summed E-state index contributed by atoms with van der Waals surface area (Å²) < 4.78 is 20.8. The molecule has 6 aromatic rings. The molecule has 15 heteroatoms. The topological polar surface area (TPSA) is 158 Å². The SMILES string of the molecule is Cc1c(=O)n(C)c(Nc2ccc(I)cc2F)c2c(=O)n(C3CC3)c(=O)n(-c3cccc(NC(=O)Cn4cc(-c5cccc(O)c5)nn4)c3)c12. The van der Waals surface area contributed by atoms with Gasteiger partial charge in [0.25, 0.3) is 11.1 Å². The van der Waals surface area contributed by atoms with Crippen molar-refractivity contribution in [3.8, 4) is 22.7 Å². The van der Waals surface area contributed by atoms with Crippen LogP contribution in [0.5, 0.6) is 5.75 Å². The summed E-state index contributed by atoms with van der Waals surface area (Å²) >= 11 is 1.99. The standard InChI is InChI=1S/C34H28FIN8O5/c1-18-30-29(31(41(2)32(18)47)38-26-12-9-20(36)14-25(26)35)33(48)44(22-10-11-22)34(49)43(30)23-7-4-6-21(15-23)37-28(46)17-42-16-27(39-40-42)19-5-3-8-24(45)13-19/h3-9,12-16,22,38,45H,10-11,17H2,1-2H3,(H,37,46). The molecule has 0 radical (unpaired) electrons. The summed E-state index contributed by atoms with van der Waals surface area (Å²) in [5, 5.41) is 23.7. The van der Waals surface area contributed by atoms with Crippen molar-refractivity contribution in [2.45, 2.75) is 32.4 Å². The molecule has 0 aliphatic heterocycles. The number of phenols is 1. The third-order valence-electron chi connectivity index (χ3n) is 8.31. The fourth-order valence-corrected chi connectivity index (χ4v) is 6.27. The van der Waals surface area contributed by atoms with E-state index >= 15 is 4.39 Å². The Morgan fingerprint density at radius 2 is 1.82 bits per heavy atom. The zero-order valence-electron chi connectivity index (χ0n) is 26.1. The average Bonchev–Trinajstić information content (AvgIpc) is 3.79. The van der Waals surface area contributed by atoms with Crippen molar-refractivity contribution in [3.05, 3.63) is 119 Å². The Hall–Kier alpha value is -5.58. The fraction of sp³-hybridized carbons (Fsp3) is 0.176. The molecule has 1 fully saturated rings. The van der Waals surface area contributed by atoms with Crippen molar-refractivity contribution in [2.75, 3.05) is 10.6 Å².